The minimum Gasteiger partial charge on any atom is -0.385 e. The Morgan fingerprint density at radius 2 is 2.00 bits per heavy atom. The van der Waals surface area contributed by atoms with Gasteiger partial charge in [-0.2, -0.15) is 0 Å². The summed E-state index contributed by atoms with van der Waals surface area (Å²) in [5, 5.41) is 13.2. The summed E-state index contributed by atoms with van der Waals surface area (Å²) in [6, 6.07) is 8.07. The van der Waals surface area contributed by atoms with Crippen LogP contribution in [0.15, 0.2) is 36.7 Å². The minimum absolute atomic E-state index is 0.302. The van der Waals surface area contributed by atoms with Gasteiger partial charge in [0.2, 0.25) is 0 Å². The van der Waals surface area contributed by atoms with Crippen LogP contribution in [-0.2, 0) is 10.3 Å². The van der Waals surface area contributed by atoms with Crippen molar-refractivity contribution in [1.82, 2.24) is 4.98 Å². The van der Waals surface area contributed by atoms with Crippen molar-refractivity contribution in [1.29, 1.82) is 0 Å². The fourth-order valence-corrected chi connectivity index (χ4v) is 3.06. The molecule has 3 heteroatoms. The fraction of sp³-hybridized carbons (Fsp3) is 0.438. The standard InChI is InChI=1S/C16H19NO2/c1-15(2)11-16(18,7-8-19-15)14-10-17-9-12-5-3-4-6-13(12)14/h3-6,9-10,18H,7-8,11H2,1-2H3. The molecule has 1 aromatic heterocycles. The molecule has 0 aliphatic carbocycles. The molecular weight excluding hydrogens is 238 g/mol. The molecular formula is C16H19NO2. The predicted molar refractivity (Wildman–Crippen MR) is 74.9 cm³/mol. The molecule has 2 heterocycles. The Labute approximate surface area is 113 Å². The van der Waals surface area contributed by atoms with Gasteiger partial charge in [0, 0.05) is 36.2 Å². The molecule has 0 saturated carbocycles. The molecule has 3 nitrogen and oxygen atoms in total. The largest absolute Gasteiger partial charge is 0.385 e. The molecule has 1 aromatic carbocycles. The van der Waals surface area contributed by atoms with Gasteiger partial charge in [-0.25, -0.2) is 0 Å². The van der Waals surface area contributed by atoms with Gasteiger partial charge in [-0.1, -0.05) is 24.3 Å². The first-order valence-corrected chi connectivity index (χ1v) is 6.70. The molecule has 0 amide bonds. The highest BCUT2D eigenvalue weighted by Gasteiger charge is 2.41. The molecule has 1 aliphatic heterocycles. The molecule has 100 valence electrons. The Hall–Kier alpha value is -1.45. The summed E-state index contributed by atoms with van der Waals surface area (Å²) in [7, 11) is 0. The number of aliphatic hydroxyl groups is 1. The normalized spacial score (nSPS) is 26.5. The molecule has 1 unspecified atom stereocenters. The van der Waals surface area contributed by atoms with Crippen molar-refractivity contribution in [2.75, 3.05) is 6.61 Å². The van der Waals surface area contributed by atoms with E-state index in [0.29, 0.717) is 19.4 Å². The van der Waals surface area contributed by atoms with Gasteiger partial charge in [0.1, 0.15) is 0 Å². The summed E-state index contributed by atoms with van der Waals surface area (Å²) in [5.41, 5.74) is -0.235. The molecule has 1 atom stereocenters. The van der Waals surface area contributed by atoms with Gasteiger partial charge in [0.15, 0.2) is 0 Å². The van der Waals surface area contributed by atoms with Crippen LogP contribution in [0.25, 0.3) is 10.8 Å². The number of hydrogen-bond donors (Lipinski definition) is 1. The van der Waals surface area contributed by atoms with E-state index in [-0.39, 0.29) is 5.60 Å². The second kappa shape index (κ2) is 4.29. The Balaban J connectivity index is 2.13. The summed E-state index contributed by atoms with van der Waals surface area (Å²) in [4.78, 5) is 4.28. The van der Waals surface area contributed by atoms with Crippen LogP contribution >= 0.6 is 0 Å². The van der Waals surface area contributed by atoms with Crippen molar-refractivity contribution < 1.29 is 9.84 Å². The average molecular weight is 257 g/mol. The second-order valence-electron chi connectivity index (χ2n) is 5.97. The van der Waals surface area contributed by atoms with Crippen molar-refractivity contribution in [3.05, 3.63) is 42.2 Å². The minimum atomic E-state index is -0.852. The first-order chi connectivity index (χ1) is 9.00. The van der Waals surface area contributed by atoms with Crippen LogP contribution in [0.4, 0.5) is 0 Å². The zero-order valence-corrected chi connectivity index (χ0v) is 11.4. The SMILES string of the molecule is CC1(C)CC(O)(c2cncc3ccccc23)CCO1. The first-order valence-electron chi connectivity index (χ1n) is 6.70. The lowest BCUT2D eigenvalue weighted by molar-refractivity contribution is -0.147. The van der Waals surface area contributed by atoms with E-state index in [4.69, 9.17) is 4.74 Å². The summed E-state index contributed by atoms with van der Waals surface area (Å²) in [6.07, 6.45) is 4.85. The number of nitrogens with zero attached hydrogens (tertiary/aromatic N) is 1. The first kappa shape index (κ1) is 12.6. The number of hydrogen-bond acceptors (Lipinski definition) is 3. The molecule has 0 bridgehead atoms. The molecule has 19 heavy (non-hydrogen) atoms. The molecule has 1 N–H and O–H groups in total. The molecule has 0 radical (unpaired) electrons. The predicted octanol–water partition coefficient (Wildman–Crippen LogP) is 3.01. The van der Waals surface area contributed by atoms with Crippen molar-refractivity contribution in [3.63, 3.8) is 0 Å². The highest BCUT2D eigenvalue weighted by Crippen LogP contribution is 2.41. The zero-order valence-electron chi connectivity index (χ0n) is 11.4. The van der Waals surface area contributed by atoms with Crippen molar-refractivity contribution >= 4 is 10.8 Å². The lowest BCUT2D eigenvalue weighted by Crippen LogP contribution is -2.44. The van der Waals surface area contributed by atoms with Crippen molar-refractivity contribution in [3.8, 4) is 0 Å². The molecule has 3 rings (SSSR count). The van der Waals surface area contributed by atoms with E-state index in [1.165, 1.54) is 0 Å². The summed E-state index contributed by atoms with van der Waals surface area (Å²) < 4.78 is 5.71. The summed E-state index contributed by atoms with van der Waals surface area (Å²) in [5.74, 6) is 0. The topological polar surface area (TPSA) is 42.4 Å². The van der Waals surface area contributed by atoms with Gasteiger partial charge < -0.3 is 9.84 Å². The van der Waals surface area contributed by atoms with E-state index in [2.05, 4.69) is 4.98 Å². The van der Waals surface area contributed by atoms with E-state index in [1.54, 1.807) is 6.20 Å². The van der Waals surface area contributed by atoms with Crippen molar-refractivity contribution in [2.24, 2.45) is 0 Å². The monoisotopic (exact) mass is 257 g/mol. The maximum atomic E-state index is 11.1. The van der Waals surface area contributed by atoms with Gasteiger partial charge >= 0.3 is 0 Å². The van der Waals surface area contributed by atoms with E-state index in [9.17, 15) is 5.11 Å². The number of ether oxygens (including phenoxy) is 1. The molecule has 0 spiro atoms. The maximum Gasteiger partial charge on any atom is 0.0966 e. The second-order valence-corrected chi connectivity index (χ2v) is 5.97. The Morgan fingerprint density at radius 3 is 2.79 bits per heavy atom. The third-order valence-electron chi connectivity index (χ3n) is 3.90. The molecule has 1 aliphatic rings. The van der Waals surface area contributed by atoms with Gasteiger partial charge in [-0.05, 0) is 19.2 Å². The fourth-order valence-electron chi connectivity index (χ4n) is 3.06. The number of aromatic nitrogens is 1. The quantitative estimate of drug-likeness (QED) is 0.854. The van der Waals surface area contributed by atoms with Crippen molar-refractivity contribution in [2.45, 2.75) is 37.9 Å². The van der Waals surface area contributed by atoms with Crippen LogP contribution in [-0.4, -0.2) is 22.3 Å². The van der Waals surface area contributed by atoms with Crippen LogP contribution in [0.5, 0.6) is 0 Å². The van der Waals surface area contributed by atoms with E-state index < -0.39 is 5.60 Å². The molecule has 1 fully saturated rings. The van der Waals surface area contributed by atoms with Crippen LogP contribution in [0.2, 0.25) is 0 Å². The lowest BCUT2D eigenvalue weighted by atomic mass is 9.78. The summed E-state index contributed by atoms with van der Waals surface area (Å²) in [6.45, 7) is 4.62. The highest BCUT2D eigenvalue weighted by molar-refractivity contribution is 5.85. The number of pyridine rings is 1. The number of rotatable bonds is 1. The lowest BCUT2D eigenvalue weighted by Gasteiger charge is -2.42. The van der Waals surface area contributed by atoms with Gasteiger partial charge in [0.05, 0.1) is 17.8 Å². The maximum absolute atomic E-state index is 11.1. The van der Waals surface area contributed by atoms with E-state index in [0.717, 1.165) is 16.3 Å². The summed E-state index contributed by atoms with van der Waals surface area (Å²) >= 11 is 0. The van der Waals surface area contributed by atoms with E-state index >= 15 is 0 Å². The Bertz CT molecular complexity index is 603. The van der Waals surface area contributed by atoms with Gasteiger partial charge in [-0.15, -0.1) is 0 Å². The van der Waals surface area contributed by atoms with E-state index in [1.807, 2.05) is 44.3 Å². The number of fused-ring (bicyclic) bond motifs is 1. The van der Waals surface area contributed by atoms with Crippen LogP contribution in [0.1, 0.15) is 32.3 Å². The van der Waals surface area contributed by atoms with Gasteiger partial charge in [0.25, 0.3) is 0 Å². The zero-order chi connectivity index (χ0) is 13.5. The van der Waals surface area contributed by atoms with Gasteiger partial charge in [-0.3, -0.25) is 4.98 Å². The third kappa shape index (κ3) is 2.24. The van der Waals surface area contributed by atoms with Crippen LogP contribution < -0.4 is 0 Å². The molecule has 2 aromatic rings. The Morgan fingerprint density at radius 1 is 1.21 bits per heavy atom. The Kier molecular flexibility index (Phi) is 2.84. The number of benzene rings is 1. The third-order valence-corrected chi connectivity index (χ3v) is 3.90. The van der Waals surface area contributed by atoms with Crippen LogP contribution in [0.3, 0.4) is 0 Å². The smallest absolute Gasteiger partial charge is 0.0966 e. The average Bonchev–Trinajstić information content (AvgIpc) is 2.36. The highest BCUT2D eigenvalue weighted by atomic mass is 16.5. The molecule has 1 saturated heterocycles. The van der Waals surface area contributed by atoms with Crippen LogP contribution in [0, 0.1) is 0 Å².